The Hall–Kier alpha value is -1.14. The van der Waals surface area contributed by atoms with Crippen molar-refractivity contribution in [3.05, 3.63) is 29.3 Å². The number of nitrogens with one attached hydrogen (secondary N) is 1. The average molecular weight is 280 g/mol. The lowest BCUT2D eigenvalue weighted by atomic mass is 10.1. The minimum Gasteiger partial charge on any atom is -0.392 e. The predicted molar refractivity (Wildman–Crippen MR) is 78.8 cm³/mol. The van der Waals surface area contributed by atoms with Crippen LogP contribution in [0.15, 0.2) is 18.2 Å². The smallest absolute Gasteiger partial charge is 0.0682 e. The Balaban J connectivity index is 2.04. The maximum Gasteiger partial charge on any atom is 0.0682 e. The molecule has 2 rings (SSSR count). The molecule has 0 atom stereocenters. The molecule has 0 aliphatic carbocycles. The van der Waals surface area contributed by atoms with Crippen LogP contribution in [0.2, 0.25) is 0 Å². The fourth-order valence-electron chi connectivity index (χ4n) is 2.31. The summed E-state index contributed by atoms with van der Waals surface area (Å²) in [6.45, 7) is 5.96. The van der Waals surface area contributed by atoms with Crippen LogP contribution in [0.3, 0.4) is 0 Å². The molecule has 1 saturated heterocycles. The quantitative estimate of drug-likeness (QED) is 0.732. The van der Waals surface area contributed by atoms with E-state index in [0.717, 1.165) is 50.6 Å². The second-order valence-electron chi connectivity index (χ2n) is 4.96. The maximum atomic E-state index is 9.27. The highest BCUT2D eigenvalue weighted by Gasteiger charge is 2.13. The Labute approximate surface area is 120 Å². The number of ether oxygens (including phenoxy) is 2. The van der Waals surface area contributed by atoms with Gasteiger partial charge in [-0.2, -0.15) is 0 Å². The highest BCUT2D eigenvalue weighted by atomic mass is 16.5. The highest BCUT2D eigenvalue weighted by molar-refractivity contribution is 5.53. The molecule has 1 fully saturated rings. The molecule has 0 aromatic heterocycles. The number of hydrogen-bond donors (Lipinski definition) is 2. The lowest BCUT2D eigenvalue weighted by Gasteiger charge is -2.27. The van der Waals surface area contributed by atoms with Crippen molar-refractivity contribution >= 4 is 5.69 Å². The average Bonchev–Trinajstić information content (AvgIpc) is 2.50. The van der Waals surface area contributed by atoms with Gasteiger partial charge in [-0.05, 0) is 17.2 Å². The fraction of sp³-hybridized carbons (Fsp3) is 0.600. The number of methoxy groups -OCH3 is 1. The summed E-state index contributed by atoms with van der Waals surface area (Å²) in [5.74, 6) is 0. The summed E-state index contributed by atoms with van der Waals surface area (Å²) < 4.78 is 10.4. The molecule has 1 aliphatic heterocycles. The van der Waals surface area contributed by atoms with Gasteiger partial charge in [0.1, 0.15) is 0 Å². The van der Waals surface area contributed by atoms with E-state index in [2.05, 4.69) is 16.3 Å². The molecule has 1 aromatic rings. The van der Waals surface area contributed by atoms with Crippen molar-refractivity contribution < 1.29 is 14.6 Å². The van der Waals surface area contributed by atoms with Crippen molar-refractivity contribution in [2.75, 3.05) is 51.9 Å². The molecule has 1 heterocycles. The Morgan fingerprint density at radius 3 is 2.85 bits per heavy atom. The van der Waals surface area contributed by atoms with Gasteiger partial charge in [0.2, 0.25) is 0 Å². The van der Waals surface area contributed by atoms with Crippen molar-refractivity contribution in [1.82, 2.24) is 4.90 Å². The van der Waals surface area contributed by atoms with E-state index in [1.807, 2.05) is 12.1 Å². The van der Waals surface area contributed by atoms with Gasteiger partial charge >= 0.3 is 0 Å². The van der Waals surface area contributed by atoms with Crippen LogP contribution in [0.5, 0.6) is 0 Å². The lowest BCUT2D eigenvalue weighted by Crippen LogP contribution is -2.35. The van der Waals surface area contributed by atoms with Crippen molar-refractivity contribution in [2.24, 2.45) is 0 Å². The number of morpholine rings is 1. The Kier molecular flexibility index (Phi) is 6.26. The lowest BCUT2D eigenvalue weighted by molar-refractivity contribution is 0.0342. The normalized spacial score (nSPS) is 16.3. The number of benzene rings is 1. The first-order valence-electron chi connectivity index (χ1n) is 7.09. The third-order valence-corrected chi connectivity index (χ3v) is 3.48. The standard InChI is InChI=1S/C15H24N2O3/c1-19-7-4-16-15-10-13(12-18)2-3-14(15)11-17-5-8-20-9-6-17/h2-3,10,16,18H,4-9,11-12H2,1H3. The summed E-state index contributed by atoms with van der Waals surface area (Å²) in [6.07, 6.45) is 0. The minimum atomic E-state index is 0.0663. The van der Waals surface area contributed by atoms with Crippen LogP contribution in [0.1, 0.15) is 11.1 Å². The molecule has 0 saturated carbocycles. The van der Waals surface area contributed by atoms with Crippen molar-refractivity contribution in [1.29, 1.82) is 0 Å². The van der Waals surface area contributed by atoms with Gasteiger partial charge in [-0.1, -0.05) is 12.1 Å². The fourth-order valence-corrected chi connectivity index (χ4v) is 2.31. The van der Waals surface area contributed by atoms with E-state index in [4.69, 9.17) is 9.47 Å². The van der Waals surface area contributed by atoms with Crippen molar-refractivity contribution in [3.63, 3.8) is 0 Å². The van der Waals surface area contributed by atoms with E-state index in [-0.39, 0.29) is 6.61 Å². The van der Waals surface area contributed by atoms with Gasteiger partial charge in [-0.3, -0.25) is 4.90 Å². The topological polar surface area (TPSA) is 54.0 Å². The van der Waals surface area contributed by atoms with E-state index in [1.165, 1.54) is 5.56 Å². The molecule has 0 unspecified atom stereocenters. The summed E-state index contributed by atoms with van der Waals surface area (Å²) in [5.41, 5.74) is 3.26. The zero-order chi connectivity index (χ0) is 14.2. The summed E-state index contributed by atoms with van der Waals surface area (Å²) in [7, 11) is 1.69. The maximum absolute atomic E-state index is 9.27. The predicted octanol–water partition coefficient (Wildman–Crippen LogP) is 1.07. The highest BCUT2D eigenvalue weighted by Crippen LogP contribution is 2.20. The first-order valence-corrected chi connectivity index (χ1v) is 7.09. The van der Waals surface area contributed by atoms with E-state index in [0.29, 0.717) is 6.61 Å². The van der Waals surface area contributed by atoms with Gasteiger partial charge < -0.3 is 19.9 Å². The van der Waals surface area contributed by atoms with Crippen LogP contribution >= 0.6 is 0 Å². The number of aliphatic hydroxyl groups is 1. The van der Waals surface area contributed by atoms with Crippen LogP contribution in [-0.2, 0) is 22.6 Å². The van der Waals surface area contributed by atoms with E-state index >= 15 is 0 Å². The Morgan fingerprint density at radius 2 is 2.15 bits per heavy atom. The first kappa shape index (κ1) is 15.3. The number of aliphatic hydroxyl groups excluding tert-OH is 1. The molecule has 112 valence electrons. The SMILES string of the molecule is COCCNc1cc(CO)ccc1CN1CCOCC1. The molecule has 0 amide bonds. The summed E-state index contributed by atoms with van der Waals surface area (Å²) >= 11 is 0. The Bertz CT molecular complexity index is 406. The number of hydrogen-bond acceptors (Lipinski definition) is 5. The Morgan fingerprint density at radius 1 is 1.35 bits per heavy atom. The van der Waals surface area contributed by atoms with E-state index in [1.54, 1.807) is 7.11 Å². The zero-order valence-corrected chi connectivity index (χ0v) is 12.1. The molecule has 1 aromatic carbocycles. The number of rotatable bonds is 7. The van der Waals surface area contributed by atoms with Crippen molar-refractivity contribution in [3.8, 4) is 0 Å². The van der Waals surface area contributed by atoms with Gasteiger partial charge in [0.15, 0.2) is 0 Å². The molecule has 5 heteroatoms. The summed E-state index contributed by atoms with van der Waals surface area (Å²) in [4.78, 5) is 2.39. The van der Waals surface area contributed by atoms with Crippen LogP contribution in [0.4, 0.5) is 5.69 Å². The van der Waals surface area contributed by atoms with Gasteiger partial charge in [0, 0.05) is 39.0 Å². The molecule has 1 aliphatic rings. The molecular formula is C15H24N2O3. The second kappa shape index (κ2) is 8.21. The third-order valence-electron chi connectivity index (χ3n) is 3.48. The minimum absolute atomic E-state index is 0.0663. The number of anilines is 1. The molecule has 0 radical (unpaired) electrons. The van der Waals surface area contributed by atoms with Crippen molar-refractivity contribution in [2.45, 2.75) is 13.2 Å². The third kappa shape index (κ3) is 4.45. The summed E-state index contributed by atoms with van der Waals surface area (Å²) in [6, 6.07) is 6.10. The van der Waals surface area contributed by atoms with Crippen LogP contribution in [-0.4, -0.2) is 56.6 Å². The second-order valence-corrected chi connectivity index (χ2v) is 4.96. The van der Waals surface area contributed by atoms with Crippen LogP contribution in [0.25, 0.3) is 0 Å². The van der Waals surface area contributed by atoms with E-state index in [9.17, 15) is 5.11 Å². The summed E-state index contributed by atoms with van der Waals surface area (Å²) in [5, 5.41) is 12.7. The molecular weight excluding hydrogens is 256 g/mol. The molecule has 5 nitrogen and oxygen atoms in total. The van der Waals surface area contributed by atoms with Gasteiger partial charge in [0.25, 0.3) is 0 Å². The molecule has 0 spiro atoms. The van der Waals surface area contributed by atoms with Crippen LogP contribution in [0, 0.1) is 0 Å². The van der Waals surface area contributed by atoms with Crippen LogP contribution < -0.4 is 5.32 Å². The molecule has 0 bridgehead atoms. The van der Waals surface area contributed by atoms with E-state index < -0.39 is 0 Å². The van der Waals surface area contributed by atoms with Gasteiger partial charge in [-0.25, -0.2) is 0 Å². The first-order chi connectivity index (χ1) is 9.83. The largest absolute Gasteiger partial charge is 0.392 e. The molecule has 2 N–H and O–H groups in total. The van der Waals surface area contributed by atoms with Gasteiger partial charge in [-0.15, -0.1) is 0 Å². The monoisotopic (exact) mass is 280 g/mol. The molecule has 20 heavy (non-hydrogen) atoms. The number of nitrogens with zero attached hydrogens (tertiary/aromatic N) is 1. The van der Waals surface area contributed by atoms with Gasteiger partial charge in [0.05, 0.1) is 26.4 Å². The zero-order valence-electron chi connectivity index (χ0n) is 12.1.